The summed E-state index contributed by atoms with van der Waals surface area (Å²) in [6.45, 7) is 0. The van der Waals surface area contributed by atoms with Crippen molar-refractivity contribution in [3.05, 3.63) is 137 Å². The van der Waals surface area contributed by atoms with Crippen LogP contribution in [0.5, 0.6) is 0 Å². The zero-order chi connectivity index (χ0) is 20.9. The Kier molecular flexibility index (Phi) is 5.44. The number of carbonyl (C=O) groups excluding carboxylic acids is 1. The summed E-state index contributed by atoms with van der Waals surface area (Å²) in [6, 6.07) is 36.2. The van der Waals surface area contributed by atoms with Gasteiger partial charge in [0.25, 0.3) is 5.91 Å². The average Bonchev–Trinajstić information content (AvgIpc) is 2.79. The van der Waals surface area contributed by atoms with Crippen LogP contribution in [0.4, 0.5) is 5.69 Å². The molecule has 0 unspecified atom stereocenters. The minimum absolute atomic E-state index is 0.326. The van der Waals surface area contributed by atoms with E-state index in [1.165, 1.54) is 0 Å². The average molecular weight is 390 g/mol. The van der Waals surface area contributed by atoms with Gasteiger partial charge >= 0.3 is 0 Å². The van der Waals surface area contributed by atoms with Crippen molar-refractivity contribution in [2.75, 3.05) is 5.73 Å². The molecular formula is C27H22N2O. The van der Waals surface area contributed by atoms with Gasteiger partial charge in [0.05, 0.1) is 5.56 Å². The van der Waals surface area contributed by atoms with Crippen molar-refractivity contribution in [2.24, 2.45) is 5.73 Å². The number of hydrogen-bond donors (Lipinski definition) is 2. The Morgan fingerprint density at radius 3 is 1.30 bits per heavy atom. The molecule has 30 heavy (non-hydrogen) atoms. The third kappa shape index (κ3) is 3.87. The highest BCUT2D eigenvalue weighted by Crippen LogP contribution is 2.37. The zero-order valence-electron chi connectivity index (χ0n) is 16.5. The number of nitrogens with two attached hydrogens (primary N) is 2. The van der Waals surface area contributed by atoms with Crippen LogP contribution < -0.4 is 11.5 Å². The molecule has 0 atom stereocenters. The van der Waals surface area contributed by atoms with E-state index in [-0.39, 0.29) is 0 Å². The highest BCUT2D eigenvalue weighted by atomic mass is 16.1. The molecule has 0 spiro atoms. The Morgan fingerprint density at radius 2 is 0.933 bits per heavy atom. The molecular weight excluding hydrogens is 368 g/mol. The van der Waals surface area contributed by atoms with Gasteiger partial charge in [-0.3, -0.25) is 4.79 Å². The van der Waals surface area contributed by atoms with E-state index in [1.54, 1.807) is 6.07 Å². The Balaban J connectivity index is 2.08. The van der Waals surface area contributed by atoms with Crippen LogP contribution >= 0.6 is 0 Å². The number of nitrogen functional groups attached to an aromatic ring is 1. The number of carbonyl (C=O) groups is 1. The summed E-state index contributed by atoms with van der Waals surface area (Å²) in [7, 11) is 0. The van der Waals surface area contributed by atoms with Crippen molar-refractivity contribution in [2.45, 2.75) is 0 Å². The lowest BCUT2D eigenvalue weighted by Crippen LogP contribution is -2.13. The fourth-order valence-corrected chi connectivity index (χ4v) is 3.67. The highest BCUT2D eigenvalue weighted by Gasteiger charge is 2.17. The van der Waals surface area contributed by atoms with Crippen LogP contribution in [0.1, 0.15) is 32.6 Å². The largest absolute Gasteiger partial charge is 0.398 e. The summed E-state index contributed by atoms with van der Waals surface area (Å²) in [6.07, 6.45) is 0. The van der Waals surface area contributed by atoms with Crippen LogP contribution in [0.2, 0.25) is 0 Å². The number of primary amides is 1. The van der Waals surface area contributed by atoms with Crippen LogP contribution in [-0.4, -0.2) is 5.91 Å². The van der Waals surface area contributed by atoms with Gasteiger partial charge < -0.3 is 11.5 Å². The molecule has 0 saturated carbocycles. The number of amides is 1. The molecule has 0 fully saturated rings. The van der Waals surface area contributed by atoms with Crippen LogP contribution in [0.15, 0.2) is 109 Å². The van der Waals surface area contributed by atoms with E-state index in [0.29, 0.717) is 11.3 Å². The first kappa shape index (κ1) is 19.2. The molecule has 4 rings (SSSR count). The minimum atomic E-state index is -0.532. The SMILES string of the molecule is NC(=O)c1ccc(C(=C(c2ccccc2)c2ccccc2)c2ccccc2)cc1N. The topological polar surface area (TPSA) is 69.1 Å². The fraction of sp³-hybridized carbons (Fsp3) is 0. The second kappa shape index (κ2) is 8.50. The third-order valence-electron chi connectivity index (χ3n) is 5.04. The molecule has 4 aromatic rings. The van der Waals surface area contributed by atoms with Gasteiger partial charge in [-0.2, -0.15) is 0 Å². The Labute approximate surface area is 176 Å². The first-order chi connectivity index (χ1) is 14.6. The van der Waals surface area contributed by atoms with Gasteiger partial charge in [0.1, 0.15) is 0 Å². The van der Waals surface area contributed by atoms with Crippen LogP contribution in [0.25, 0.3) is 11.1 Å². The zero-order valence-corrected chi connectivity index (χ0v) is 16.5. The van der Waals surface area contributed by atoms with Crippen molar-refractivity contribution in [3.63, 3.8) is 0 Å². The molecule has 4 aromatic carbocycles. The second-order valence-electron chi connectivity index (χ2n) is 7.01. The molecule has 4 N–H and O–H groups in total. The smallest absolute Gasteiger partial charge is 0.250 e. The lowest BCUT2D eigenvalue weighted by atomic mass is 9.85. The molecule has 0 bridgehead atoms. The van der Waals surface area contributed by atoms with E-state index in [0.717, 1.165) is 33.4 Å². The maximum absolute atomic E-state index is 11.7. The van der Waals surface area contributed by atoms with Gasteiger partial charge in [-0.1, -0.05) is 97.1 Å². The van der Waals surface area contributed by atoms with Gasteiger partial charge in [0.15, 0.2) is 0 Å². The number of hydrogen-bond acceptors (Lipinski definition) is 2. The van der Waals surface area contributed by atoms with Crippen molar-refractivity contribution >= 4 is 22.7 Å². The summed E-state index contributed by atoms with van der Waals surface area (Å²) >= 11 is 0. The first-order valence-corrected chi connectivity index (χ1v) is 9.75. The van der Waals surface area contributed by atoms with Gasteiger partial charge in [0, 0.05) is 5.69 Å². The van der Waals surface area contributed by atoms with Crippen molar-refractivity contribution < 1.29 is 4.79 Å². The predicted molar refractivity (Wildman–Crippen MR) is 124 cm³/mol. The lowest BCUT2D eigenvalue weighted by Gasteiger charge is -2.18. The molecule has 0 heterocycles. The maximum atomic E-state index is 11.7. The summed E-state index contributed by atoms with van der Waals surface area (Å²) in [5.74, 6) is -0.532. The summed E-state index contributed by atoms with van der Waals surface area (Å²) in [4.78, 5) is 11.7. The monoisotopic (exact) mass is 390 g/mol. The van der Waals surface area contributed by atoms with Crippen molar-refractivity contribution in [1.82, 2.24) is 0 Å². The molecule has 0 aliphatic carbocycles. The van der Waals surface area contributed by atoms with Crippen molar-refractivity contribution in [1.29, 1.82) is 0 Å². The van der Waals surface area contributed by atoms with Crippen LogP contribution in [0.3, 0.4) is 0 Å². The first-order valence-electron chi connectivity index (χ1n) is 9.75. The Bertz CT molecular complexity index is 1160. The van der Waals surface area contributed by atoms with Gasteiger partial charge in [-0.25, -0.2) is 0 Å². The molecule has 0 radical (unpaired) electrons. The second-order valence-corrected chi connectivity index (χ2v) is 7.01. The predicted octanol–water partition coefficient (Wildman–Crippen LogP) is 5.38. The Hall–Kier alpha value is -4.11. The quantitative estimate of drug-likeness (QED) is 0.355. The fourth-order valence-electron chi connectivity index (χ4n) is 3.67. The molecule has 0 aromatic heterocycles. The van der Waals surface area contributed by atoms with E-state index in [1.807, 2.05) is 66.7 Å². The third-order valence-corrected chi connectivity index (χ3v) is 5.04. The van der Waals surface area contributed by atoms with Crippen molar-refractivity contribution in [3.8, 4) is 0 Å². The normalized spacial score (nSPS) is 10.4. The molecule has 0 aliphatic heterocycles. The lowest BCUT2D eigenvalue weighted by molar-refractivity contribution is 0.100. The highest BCUT2D eigenvalue weighted by molar-refractivity contribution is 6.06. The van der Waals surface area contributed by atoms with Gasteiger partial charge in [-0.05, 0) is 45.5 Å². The minimum Gasteiger partial charge on any atom is -0.398 e. The summed E-state index contributed by atoms with van der Waals surface area (Å²) in [5.41, 5.74) is 18.7. The molecule has 1 amide bonds. The molecule has 0 saturated heterocycles. The maximum Gasteiger partial charge on any atom is 0.250 e. The van der Waals surface area contributed by atoms with E-state index in [9.17, 15) is 4.79 Å². The summed E-state index contributed by atoms with van der Waals surface area (Å²) in [5, 5.41) is 0. The van der Waals surface area contributed by atoms with Crippen LogP contribution in [-0.2, 0) is 0 Å². The van der Waals surface area contributed by atoms with Crippen LogP contribution in [0, 0.1) is 0 Å². The van der Waals surface area contributed by atoms with Gasteiger partial charge in [-0.15, -0.1) is 0 Å². The molecule has 0 aliphatic rings. The summed E-state index contributed by atoms with van der Waals surface area (Å²) < 4.78 is 0. The molecule has 3 nitrogen and oxygen atoms in total. The number of anilines is 1. The van der Waals surface area contributed by atoms with E-state index >= 15 is 0 Å². The number of rotatable bonds is 5. The Morgan fingerprint density at radius 1 is 0.533 bits per heavy atom. The number of benzene rings is 4. The van der Waals surface area contributed by atoms with E-state index < -0.39 is 5.91 Å². The standard InChI is InChI=1S/C27H22N2O/c28-24-18-22(16-17-23(24)27(29)30)26(21-14-8-3-9-15-21)25(19-10-4-1-5-11-19)20-12-6-2-7-13-20/h1-18H,28H2,(H2,29,30). The van der Waals surface area contributed by atoms with E-state index in [4.69, 9.17) is 11.5 Å². The van der Waals surface area contributed by atoms with Gasteiger partial charge in [0.2, 0.25) is 0 Å². The molecule has 3 heteroatoms. The molecule has 146 valence electrons. The van der Waals surface area contributed by atoms with E-state index in [2.05, 4.69) is 36.4 Å².